The number of aromatic nitrogens is 1. The van der Waals surface area contributed by atoms with E-state index in [4.69, 9.17) is 14.5 Å². The minimum atomic E-state index is -0.546. The van der Waals surface area contributed by atoms with Crippen molar-refractivity contribution in [1.82, 2.24) is 9.88 Å². The first-order chi connectivity index (χ1) is 19.1. The molecule has 0 unspecified atom stereocenters. The van der Waals surface area contributed by atoms with E-state index in [1.54, 1.807) is 16.2 Å². The van der Waals surface area contributed by atoms with Gasteiger partial charge in [0.15, 0.2) is 0 Å². The average Bonchev–Trinajstić information content (AvgIpc) is 3.38. The number of methoxy groups -OCH3 is 1. The molecule has 3 aromatic rings. The average molecular weight is 559 g/mol. The Hall–Kier alpha value is -3.71. The minimum Gasteiger partial charge on any atom is -0.465 e. The third kappa shape index (κ3) is 6.89. The number of ether oxygens (including phenoxy) is 2. The highest BCUT2D eigenvalue weighted by atomic mass is 32.1. The number of thiazole rings is 1. The summed E-state index contributed by atoms with van der Waals surface area (Å²) in [5.41, 5.74) is 6.08. The van der Waals surface area contributed by atoms with Gasteiger partial charge in [-0.1, -0.05) is 56.3 Å². The second-order valence-electron chi connectivity index (χ2n) is 10.7. The van der Waals surface area contributed by atoms with E-state index in [9.17, 15) is 9.59 Å². The van der Waals surface area contributed by atoms with Gasteiger partial charge in [0.25, 0.3) is 0 Å². The molecule has 1 aromatic heterocycles. The zero-order chi connectivity index (χ0) is 28.9. The summed E-state index contributed by atoms with van der Waals surface area (Å²) in [7, 11) is 1.39. The molecule has 40 heavy (non-hydrogen) atoms. The summed E-state index contributed by atoms with van der Waals surface area (Å²) in [6.45, 7) is 10.8. The van der Waals surface area contributed by atoms with E-state index in [0.29, 0.717) is 25.1 Å². The van der Waals surface area contributed by atoms with Gasteiger partial charge in [0.1, 0.15) is 10.6 Å². The Balaban J connectivity index is 1.61. The number of rotatable bonds is 7. The van der Waals surface area contributed by atoms with Crippen molar-refractivity contribution in [2.45, 2.75) is 59.5 Å². The van der Waals surface area contributed by atoms with E-state index in [0.717, 1.165) is 51.4 Å². The smallest absolute Gasteiger partial charge is 0.410 e. The summed E-state index contributed by atoms with van der Waals surface area (Å²) in [6.07, 6.45) is 8.53. The molecule has 0 N–H and O–H groups in total. The molecule has 4 rings (SSSR count). The lowest BCUT2D eigenvalue weighted by Crippen LogP contribution is -2.39. The number of allylic oxidation sites excluding steroid dienone is 1. The van der Waals surface area contributed by atoms with Gasteiger partial charge in [-0.05, 0) is 80.5 Å². The molecule has 6 nitrogen and oxygen atoms in total. The Morgan fingerprint density at radius 2 is 1.75 bits per heavy atom. The van der Waals surface area contributed by atoms with Crippen LogP contribution in [0.5, 0.6) is 0 Å². The Morgan fingerprint density at radius 1 is 1.05 bits per heavy atom. The van der Waals surface area contributed by atoms with Crippen LogP contribution in [-0.4, -0.2) is 47.7 Å². The molecule has 2 heterocycles. The SMILES string of the molecule is CC/C=C\c1sc(-c2ccc(-c3ccc(C(=O)OC)c(C4=CCN(C(=O)OC(C)(C)C)CC4)c3)cc2)nc1CC. The lowest BCUT2D eigenvalue weighted by Gasteiger charge is -2.30. The van der Waals surface area contributed by atoms with Crippen LogP contribution in [0.15, 0.2) is 54.6 Å². The van der Waals surface area contributed by atoms with E-state index in [-0.39, 0.29) is 12.1 Å². The molecule has 0 atom stereocenters. The summed E-state index contributed by atoms with van der Waals surface area (Å²) in [5, 5.41) is 1.02. The van der Waals surface area contributed by atoms with Gasteiger partial charge >= 0.3 is 12.1 Å². The molecule has 0 aliphatic carbocycles. The van der Waals surface area contributed by atoms with Crippen molar-refractivity contribution in [1.29, 1.82) is 0 Å². The fourth-order valence-electron chi connectivity index (χ4n) is 4.58. The van der Waals surface area contributed by atoms with Gasteiger partial charge in [-0.25, -0.2) is 14.6 Å². The van der Waals surface area contributed by atoms with E-state index < -0.39 is 5.60 Å². The minimum absolute atomic E-state index is 0.329. The Labute approximate surface area is 241 Å². The van der Waals surface area contributed by atoms with E-state index in [1.807, 2.05) is 45.0 Å². The van der Waals surface area contributed by atoms with Crippen LogP contribution in [0, 0.1) is 0 Å². The Kier molecular flexibility index (Phi) is 9.25. The van der Waals surface area contributed by atoms with Crippen molar-refractivity contribution in [2.24, 2.45) is 0 Å². The molecule has 1 aliphatic heterocycles. The quantitative estimate of drug-likeness (QED) is 0.273. The topological polar surface area (TPSA) is 68.7 Å². The number of nitrogens with zero attached hydrogens (tertiary/aromatic N) is 2. The molecule has 210 valence electrons. The van der Waals surface area contributed by atoms with Crippen molar-refractivity contribution >= 4 is 35.0 Å². The van der Waals surface area contributed by atoms with Crippen LogP contribution < -0.4 is 0 Å². The highest BCUT2D eigenvalue weighted by Gasteiger charge is 2.25. The summed E-state index contributed by atoms with van der Waals surface area (Å²) >= 11 is 1.72. The second kappa shape index (κ2) is 12.6. The predicted molar refractivity (Wildman–Crippen MR) is 163 cm³/mol. The molecule has 2 aromatic carbocycles. The van der Waals surface area contributed by atoms with E-state index in [1.165, 1.54) is 12.0 Å². The van der Waals surface area contributed by atoms with Gasteiger partial charge in [-0.15, -0.1) is 11.3 Å². The van der Waals surface area contributed by atoms with Gasteiger partial charge in [0.2, 0.25) is 0 Å². The van der Waals surface area contributed by atoms with Gasteiger partial charge in [0.05, 0.1) is 23.2 Å². The molecule has 1 amide bonds. The number of carbonyl (C=O) groups excluding carboxylic acids is 2. The summed E-state index contributed by atoms with van der Waals surface area (Å²) < 4.78 is 10.6. The normalized spacial score (nSPS) is 13.8. The molecule has 0 bridgehead atoms. The van der Waals surface area contributed by atoms with E-state index in [2.05, 4.69) is 50.3 Å². The maximum atomic E-state index is 12.6. The third-order valence-electron chi connectivity index (χ3n) is 6.66. The zero-order valence-electron chi connectivity index (χ0n) is 24.2. The van der Waals surface area contributed by atoms with Crippen LogP contribution in [-0.2, 0) is 15.9 Å². The molecule has 1 aliphatic rings. The fourth-order valence-corrected chi connectivity index (χ4v) is 5.67. The molecule has 0 fully saturated rings. The monoisotopic (exact) mass is 558 g/mol. The van der Waals surface area contributed by atoms with Crippen LogP contribution in [0.3, 0.4) is 0 Å². The standard InChI is InChI=1S/C33H38N2O4S/c1-7-9-10-29-28(8-2)34-30(40-29)24-13-11-22(12-14-24)25-15-16-26(31(36)38-6)27(21-25)23-17-19-35(20-18-23)32(37)39-33(3,4)5/h9-17,21H,7-8,18-20H2,1-6H3/b10-9-. The molecular formula is C33H38N2O4S. The van der Waals surface area contributed by atoms with Crippen LogP contribution in [0.1, 0.15) is 74.0 Å². The first-order valence-electron chi connectivity index (χ1n) is 13.8. The van der Waals surface area contributed by atoms with Gasteiger partial charge in [-0.2, -0.15) is 0 Å². The highest BCUT2D eigenvalue weighted by molar-refractivity contribution is 7.16. The molecule has 0 spiro atoms. The number of benzene rings is 2. The maximum absolute atomic E-state index is 12.6. The Bertz CT molecular complexity index is 1430. The van der Waals surface area contributed by atoms with Crippen molar-refractivity contribution < 1.29 is 19.1 Å². The lowest BCUT2D eigenvalue weighted by atomic mass is 9.91. The molecule has 0 saturated heterocycles. The van der Waals surface area contributed by atoms with Gasteiger partial charge in [0, 0.05) is 18.7 Å². The summed E-state index contributed by atoms with van der Waals surface area (Å²) in [4.78, 5) is 32.9. The van der Waals surface area contributed by atoms with Crippen LogP contribution in [0.2, 0.25) is 0 Å². The number of hydrogen-bond acceptors (Lipinski definition) is 6. The second-order valence-corrected chi connectivity index (χ2v) is 11.8. The maximum Gasteiger partial charge on any atom is 0.410 e. The number of amides is 1. The van der Waals surface area contributed by atoms with Crippen molar-refractivity contribution in [3.8, 4) is 21.7 Å². The largest absolute Gasteiger partial charge is 0.465 e. The van der Waals surface area contributed by atoms with Gasteiger partial charge < -0.3 is 14.4 Å². The predicted octanol–water partition coefficient (Wildman–Crippen LogP) is 8.27. The Morgan fingerprint density at radius 3 is 2.35 bits per heavy atom. The van der Waals surface area contributed by atoms with Gasteiger partial charge in [-0.3, -0.25) is 0 Å². The van der Waals surface area contributed by atoms with Crippen LogP contribution in [0.25, 0.3) is 33.3 Å². The highest BCUT2D eigenvalue weighted by Crippen LogP contribution is 2.34. The van der Waals surface area contributed by atoms with Crippen LogP contribution >= 0.6 is 11.3 Å². The molecule has 7 heteroatoms. The van der Waals surface area contributed by atoms with Crippen molar-refractivity contribution in [3.63, 3.8) is 0 Å². The van der Waals surface area contributed by atoms with E-state index >= 15 is 0 Å². The summed E-state index contributed by atoms with van der Waals surface area (Å²) in [6, 6.07) is 14.2. The first-order valence-corrected chi connectivity index (χ1v) is 14.6. The molecular weight excluding hydrogens is 520 g/mol. The molecule has 0 saturated carbocycles. The number of esters is 1. The van der Waals surface area contributed by atoms with Crippen molar-refractivity contribution in [2.75, 3.05) is 20.2 Å². The first kappa shape index (κ1) is 29.3. The van der Waals surface area contributed by atoms with Crippen molar-refractivity contribution in [3.05, 3.63) is 76.3 Å². The summed E-state index contributed by atoms with van der Waals surface area (Å²) in [5.74, 6) is -0.379. The lowest BCUT2D eigenvalue weighted by molar-refractivity contribution is 0.0270. The number of aryl methyl sites for hydroxylation is 1. The fraction of sp³-hybridized carbons (Fsp3) is 0.364. The molecule has 0 radical (unpaired) electrons. The zero-order valence-corrected chi connectivity index (χ0v) is 25.1. The number of carbonyl (C=O) groups is 2. The number of hydrogen-bond donors (Lipinski definition) is 0. The third-order valence-corrected chi connectivity index (χ3v) is 7.78. The van der Waals surface area contributed by atoms with Crippen LogP contribution in [0.4, 0.5) is 4.79 Å².